The lowest BCUT2D eigenvalue weighted by Crippen LogP contribution is -2.54. The van der Waals surface area contributed by atoms with E-state index in [2.05, 4.69) is 10.6 Å². The molecule has 3 amide bonds. The quantitative estimate of drug-likeness (QED) is 0.418. The first-order valence-electron chi connectivity index (χ1n) is 10.2. The van der Waals surface area contributed by atoms with Crippen molar-refractivity contribution >= 4 is 46.4 Å². The molecule has 4 atom stereocenters. The third-order valence-corrected chi connectivity index (χ3v) is 6.98. The number of nitrogens with zero attached hydrogens (tertiary/aromatic N) is 2. The van der Waals surface area contributed by atoms with Crippen molar-refractivity contribution in [2.24, 2.45) is 17.8 Å². The van der Waals surface area contributed by atoms with Crippen LogP contribution < -0.4 is 15.5 Å². The average molecular weight is 455 g/mol. The smallest absolute Gasteiger partial charge is 0.289 e. The van der Waals surface area contributed by atoms with Crippen molar-refractivity contribution in [3.63, 3.8) is 0 Å². The van der Waals surface area contributed by atoms with E-state index >= 15 is 0 Å². The first-order valence-corrected chi connectivity index (χ1v) is 10.6. The molecule has 1 spiro atoms. The average Bonchev–Trinajstić information content (AvgIpc) is 3.34. The minimum atomic E-state index is -1.39. The molecule has 9 nitrogen and oxygen atoms in total. The minimum absolute atomic E-state index is 0.0568. The van der Waals surface area contributed by atoms with Crippen molar-refractivity contribution in [2.45, 2.75) is 25.4 Å². The number of carbonyl (C=O) groups excluding carboxylic acids is 3. The van der Waals surface area contributed by atoms with Gasteiger partial charge in [0, 0.05) is 23.4 Å². The summed E-state index contributed by atoms with van der Waals surface area (Å²) in [7, 11) is 0. The van der Waals surface area contributed by atoms with Crippen LogP contribution in [0.3, 0.4) is 0 Å². The number of anilines is 2. The second-order valence-corrected chi connectivity index (χ2v) is 9.04. The molecule has 3 aliphatic rings. The summed E-state index contributed by atoms with van der Waals surface area (Å²) < 4.78 is 0. The number of amides is 3. The van der Waals surface area contributed by atoms with E-state index in [0.29, 0.717) is 11.3 Å². The monoisotopic (exact) mass is 454 g/mol. The van der Waals surface area contributed by atoms with Crippen molar-refractivity contribution < 1.29 is 19.3 Å². The Morgan fingerprint density at radius 1 is 1.12 bits per heavy atom. The summed E-state index contributed by atoms with van der Waals surface area (Å²) in [6.45, 7) is 3.83. The summed E-state index contributed by atoms with van der Waals surface area (Å²) in [6.07, 6.45) is 0. The lowest BCUT2D eigenvalue weighted by molar-refractivity contribution is -0.384. The molecule has 32 heavy (non-hydrogen) atoms. The van der Waals surface area contributed by atoms with E-state index in [-0.39, 0.29) is 22.5 Å². The zero-order valence-corrected chi connectivity index (χ0v) is 17.9. The molecule has 164 valence electrons. The number of fused-ring (bicyclic) bond motifs is 4. The summed E-state index contributed by atoms with van der Waals surface area (Å²) in [6, 6.07) is 10.4. The zero-order chi connectivity index (χ0) is 22.9. The van der Waals surface area contributed by atoms with Crippen molar-refractivity contribution in [2.75, 3.05) is 10.2 Å². The number of para-hydroxylation sites is 1. The highest BCUT2D eigenvalue weighted by atomic mass is 35.5. The number of imide groups is 1. The van der Waals surface area contributed by atoms with Gasteiger partial charge in [-0.3, -0.25) is 29.8 Å². The van der Waals surface area contributed by atoms with Crippen LogP contribution in [0.2, 0.25) is 5.02 Å². The van der Waals surface area contributed by atoms with Gasteiger partial charge in [0.25, 0.3) is 5.69 Å². The Labute approximate surface area is 187 Å². The van der Waals surface area contributed by atoms with Crippen LogP contribution in [0.4, 0.5) is 17.1 Å². The number of carbonyl (C=O) groups is 3. The molecule has 2 fully saturated rings. The topological polar surface area (TPSA) is 122 Å². The Bertz CT molecular complexity index is 1210. The van der Waals surface area contributed by atoms with Crippen LogP contribution >= 0.6 is 11.6 Å². The highest BCUT2D eigenvalue weighted by molar-refractivity contribution is 6.33. The van der Waals surface area contributed by atoms with E-state index in [0.717, 1.165) is 11.0 Å². The molecule has 2 aromatic carbocycles. The van der Waals surface area contributed by atoms with E-state index in [9.17, 15) is 24.5 Å². The Hall–Kier alpha value is -3.30. The fourth-order valence-corrected chi connectivity index (χ4v) is 5.48. The Morgan fingerprint density at radius 2 is 1.84 bits per heavy atom. The van der Waals surface area contributed by atoms with Gasteiger partial charge in [-0.15, -0.1) is 0 Å². The predicted molar refractivity (Wildman–Crippen MR) is 116 cm³/mol. The first-order chi connectivity index (χ1) is 15.2. The Kier molecular flexibility index (Phi) is 4.41. The molecule has 0 radical (unpaired) electrons. The van der Waals surface area contributed by atoms with E-state index in [1.165, 1.54) is 12.1 Å². The summed E-state index contributed by atoms with van der Waals surface area (Å²) >= 11 is 5.91. The van der Waals surface area contributed by atoms with Crippen LogP contribution in [0.1, 0.15) is 19.4 Å². The van der Waals surface area contributed by atoms with Crippen LogP contribution in [-0.2, 0) is 19.9 Å². The number of hydrogen-bond acceptors (Lipinski definition) is 6. The van der Waals surface area contributed by atoms with Gasteiger partial charge >= 0.3 is 0 Å². The van der Waals surface area contributed by atoms with Crippen LogP contribution in [0, 0.1) is 27.9 Å². The number of nitrogens with one attached hydrogen (secondary N) is 2. The largest absolute Gasteiger partial charge is 0.324 e. The van der Waals surface area contributed by atoms with Gasteiger partial charge in [0.05, 0.1) is 22.4 Å². The van der Waals surface area contributed by atoms with Gasteiger partial charge in [-0.2, -0.15) is 0 Å². The van der Waals surface area contributed by atoms with Crippen molar-refractivity contribution in [1.82, 2.24) is 5.32 Å². The summed E-state index contributed by atoms with van der Waals surface area (Å²) in [5.74, 6) is -3.29. The maximum Gasteiger partial charge on any atom is 0.289 e. The number of benzene rings is 2. The number of hydrogen-bond donors (Lipinski definition) is 2. The van der Waals surface area contributed by atoms with Crippen LogP contribution in [0.15, 0.2) is 42.5 Å². The molecule has 0 aromatic heterocycles. The van der Waals surface area contributed by atoms with E-state index in [4.69, 9.17) is 11.6 Å². The standard InChI is InChI=1S/C22H19ClN4O5/c1-10(2)18-16-17(22(25-18)12-5-3-4-6-14(12)24-21(22)30)20(29)26(19(16)28)11-7-8-13(23)15(9-11)27(31)32/h3-10,16-18,25H,1-2H3,(H,24,30)/t16-,17+,18-,22+/m1/s1. The SMILES string of the molecule is CC(C)[C@H]1N[C@]2(C(=O)Nc3ccccc32)[C@@H]2C(=O)N(c3ccc(Cl)c([N+](=O)[O-])c3)C(=O)[C@@H]12. The molecule has 0 bridgehead atoms. The predicted octanol–water partition coefficient (Wildman–Crippen LogP) is 2.83. The second-order valence-electron chi connectivity index (χ2n) is 8.63. The molecule has 0 saturated carbocycles. The van der Waals surface area contributed by atoms with E-state index < -0.39 is 45.8 Å². The van der Waals surface area contributed by atoms with Gasteiger partial charge in [0.2, 0.25) is 17.7 Å². The molecule has 2 saturated heterocycles. The maximum absolute atomic E-state index is 13.7. The van der Waals surface area contributed by atoms with Gasteiger partial charge in [-0.1, -0.05) is 43.6 Å². The van der Waals surface area contributed by atoms with Crippen molar-refractivity contribution in [3.8, 4) is 0 Å². The van der Waals surface area contributed by atoms with Gasteiger partial charge in [-0.05, 0) is 24.1 Å². The molecule has 0 aliphatic carbocycles. The fraction of sp³-hybridized carbons (Fsp3) is 0.318. The Morgan fingerprint density at radius 3 is 2.53 bits per heavy atom. The molecule has 0 unspecified atom stereocenters. The minimum Gasteiger partial charge on any atom is -0.324 e. The summed E-state index contributed by atoms with van der Waals surface area (Å²) in [5.41, 5.74) is -0.521. The lowest BCUT2D eigenvalue weighted by atomic mass is 9.76. The third-order valence-electron chi connectivity index (χ3n) is 6.66. The number of halogens is 1. The van der Waals surface area contributed by atoms with Crippen LogP contribution in [0.25, 0.3) is 0 Å². The molecular formula is C22H19ClN4O5. The summed E-state index contributed by atoms with van der Waals surface area (Å²) in [4.78, 5) is 52.2. The van der Waals surface area contributed by atoms with Crippen molar-refractivity contribution in [3.05, 3.63) is 63.2 Å². The maximum atomic E-state index is 13.7. The molecule has 3 heterocycles. The normalized spacial score (nSPS) is 28.4. The molecule has 5 rings (SSSR count). The molecule has 2 N–H and O–H groups in total. The van der Waals surface area contributed by atoms with Gasteiger partial charge in [0.1, 0.15) is 10.6 Å². The highest BCUT2D eigenvalue weighted by Crippen LogP contribution is 2.54. The molecule has 2 aromatic rings. The second kappa shape index (κ2) is 6.85. The molecule has 3 aliphatic heterocycles. The Balaban J connectivity index is 1.68. The number of rotatable bonds is 3. The van der Waals surface area contributed by atoms with Gasteiger partial charge in [-0.25, -0.2) is 4.90 Å². The van der Waals surface area contributed by atoms with Crippen LogP contribution in [-0.4, -0.2) is 28.7 Å². The lowest BCUT2D eigenvalue weighted by Gasteiger charge is -2.30. The van der Waals surface area contributed by atoms with E-state index in [1.54, 1.807) is 24.3 Å². The van der Waals surface area contributed by atoms with Crippen molar-refractivity contribution in [1.29, 1.82) is 0 Å². The zero-order valence-electron chi connectivity index (χ0n) is 17.2. The molecular weight excluding hydrogens is 436 g/mol. The highest BCUT2D eigenvalue weighted by Gasteiger charge is 2.71. The molecule has 10 heteroatoms. The fourth-order valence-electron chi connectivity index (χ4n) is 5.30. The summed E-state index contributed by atoms with van der Waals surface area (Å²) in [5, 5.41) is 17.4. The number of nitro benzene ring substituents is 1. The first kappa shape index (κ1) is 20.6. The third kappa shape index (κ3) is 2.52. The van der Waals surface area contributed by atoms with Gasteiger partial charge in [0.15, 0.2) is 0 Å². The van der Waals surface area contributed by atoms with Gasteiger partial charge < -0.3 is 5.32 Å². The van der Waals surface area contributed by atoms with Crippen LogP contribution in [0.5, 0.6) is 0 Å². The van der Waals surface area contributed by atoms with E-state index in [1.807, 2.05) is 13.8 Å². The number of nitro groups is 1.